The number of nitrogens with zero attached hydrogens (tertiary/aromatic N) is 3. The lowest BCUT2D eigenvalue weighted by Crippen LogP contribution is -2.18. The molecule has 4 aromatic rings. The van der Waals surface area contributed by atoms with Crippen molar-refractivity contribution in [1.82, 2.24) is 19.9 Å². The number of hydrogen-bond donors (Lipinski definition) is 3. The van der Waals surface area contributed by atoms with Crippen LogP contribution in [-0.4, -0.2) is 36.3 Å². The minimum absolute atomic E-state index is 0.0407. The van der Waals surface area contributed by atoms with E-state index in [2.05, 4.69) is 19.9 Å². The summed E-state index contributed by atoms with van der Waals surface area (Å²) in [7, 11) is 0. The smallest absolute Gasteiger partial charge is 0.148 e. The molecule has 4 heterocycles. The van der Waals surface area contributed by atoms with Crippen LogP contribution >= 0.6 is 0 Å². The third kappa shape index (κ3) is 2.61. The molecule has 3 N–H and O–H groups in total. The zero-order valence-corrected chi connectivity index (χ0v) is 14.0. The summed E-state index contributed by atoms with van der Waals surface area (Å²) in [4.78, 5) is 15.7. The van der Waals surface area contributed by atoms with Crippen LogP contribution in [0.5, 0.6) is 0 Å². The van der Waals surface area contributed by atoms with E-state index < -0.39 is 18.0 Å². The lowest BCUT2D eigenvalue weighted by molar-refractivity contribution is 0.0153. The number of aromatic amines is 1. The Morgan fingerprint density at radius 1 is 1.19 bits per heavy atom. The fourth-order valence-corrected chi connectivity index (χ4v) is 3.14. The third-order valence-electron chi connectivity index (χ3n) is 4.53. The van der Waals surface area contributed by atoms with E-state index in [4.69, 9.17) is 0 Å². The van der Waals surface area contributed by atoms with Crippen molar-refractivity contribution in [2.24, 2.45) is 0 Å². The number of aliphatic hydroxyl groups excluding tert-OH is 2. The molecular weight excluding hydrogens is 335 g/mol. The molecule has 0 fully saturated rings. The zero-order chi connectivity index (χ0) is 18.3. The normalized spacial score (nSPS) is 14.0. The fraction of sp³-hybridized carbons (Fsp3) is 0.211. The Bertz CT molecular complexity index is 1080. The van der Waals surface area contributed by atoms with Crippen LogP contribution < -0.4 is 0 Å². The van der Waals surface area contributed by atoms with Gasteiger partial charge in [0.15, 0.2) is 0 Å². The molecule has 26 heavy (non-hydrogen) atoms. The molecule has 4 rings (SSSR count). The summed E-state index contributed by atoms with van der Waals surface area (Å²) in [6.45, 7) is 1.73. The molecule has 6 nitrogen and oxygen atoms in total. The summed E-state index contributed by atoms with van der Waals surface area (Å²) in [5.41, 5.74) is 2.64. The molecule has 0 amide bonds. The van der Waals surface area contributed by atoms with Gasteiger partial charge in [-0.2, -0.15) is 0 Å². The predicted molar refractivity (Wildman–Crippen MR) is 95.8 cm³/mol. The molecule has 0 radical (unpaired) electrons. The Morgan fingerprint density at radius 3 is 2.77 bits per heavy atom. The van der Waals surface area contributed by atoms with Gasteiger partial charge in [-0.1, -0.05) is 6.92 Å². The van der Waals surface area contributed by atoms with Gasteiger partial charge in [-0.05, 0) is 24.6 Å². The summed E-state index contributed by atoms with van der Waals surface area (Å²) in [5.74, 6) is -0.654. The Labute approximate surface area is 148 Å². The van der Waals surface area contributed by atoms with Gasteiger partial charge in [0.25, 0.3) is 0 Å². The Balaban J connectivity index is 2.01. The van der Waals surface area contributed by atoms with E-state index in [-0.39, 0.29) is 5.56 Å². The number of aliphatic hydroxyl groups is 2. The molecule has 4 aromatic heterocycles. The molecule has 0 aliphatic carbocycles. The van der Waals surface area contributed by atoms with Crippen molar-refractivity contribution in [3.8, 4) is 11.3 Å². The molecule has 2 atom stereocenters. The lowest BCUT2D eigenvalue weighted by atomic mass is 9.98. The second kappa shape index (κ2) is 6.44. The minimum atomic E-state index is -1.35. The lowest BCUT2D eigenvalue weighted by Gasteiger charge is -2.18. The van der Waals surface area contributed by atoms with Crippen LogP contribution in [0.2, 0.25) is 0 Å². The highest BCUT2D eigenvalue weighted by Crippen LogP contribution is 2.35. The number of pyridine rings is 3. The van der Waals surface area contributed by atoms with Gasteiger partial charge in [0.05, 0.1) is 29.7 Å². The standard InChI is InChI=1S/C19H17FN4O2/c1-2-15(25)18(26)17-12(20)8-23-19-16(17)11-6-13(22-9-14(11)24-19)10-4-3-5-21-7-10/h3-9,15,18,25-26H,2H2,1H3,(H,23,24). The van der Waals surface area contributed by atoms with Crippen LogP contribution in [0.4, 0.5) is 4.39 Å². The summed E-state index contributed by atoms with van der Waals surface area (Å²) >= 11 is 0. The van der Waals surface area contributed by atoms with Crippen molar-refractivity contribution in [3.05, 3.63) is 54.4 Å². The number of fused-ring (bicyclic) bond motifs is 3. The molecule has 0 aliphatic heterocycles. The highest BCUT2D eigenvalue weighted by molar-refractivity contribution is 6.08. The van der Waals surface area contributed by atoms with Crippen LogP contribution in [0.15, 0.2) is 43.0 Å². The third-order valence-corrected chi connectivity index (χ3v) is 4.53. The van der Waals surface area contributed by atoms with Crippen LogP contribution in [0, 0.1) is 5.82 Å². The van der Waals surface area contributed by atoms with Crippen molar-refractivity contribution in [2.75, 3.05) is 0 Å². The van der Waals surface area contributed by atoms with Gasteiger partial charge in [-0.25, -0.2) is 9.37 Å². The average molecular weight is 352 g/mol. The van der Waals surface area contributed by atoms with E-state index in [1.165, 1.54) is 0 Å². The minimum Gasteiger partial charge on any atom is -0.390 e. The highest BCUT2D eigenvalue weighted by Gasteiger charge is 2.25. The number of nitrogens with one attached hydrogen (secondary N) is 1. The predicted octanol–water partition coefficient (Wildman–Crippen LogP) is 3.12. The van der Waals surface area contributed by atoms with Crippen molar-refractivity contribution in [3.63, 3.8) is 0 Å². The summed E-state index contributed by atoms with van der Waals surface area (Å²) < 4.78 is 14.5. The van der Waals surface area contributed by atoms with Crippen molar-refractivity contribution in [2.45, 2.75) is 25.6 Å². The van der Waals surface area contributed by atoms with Gasteiger partial charge in [0.1, 0.15) is 17.6 Å². The molecule has 0 saturated carbocycles. The van der Waals surface area contributed by atoms with E-state index in [1.807, 2.05) is 12.1 Å². The van der Waals surface area contributed by atoms with Gasteiger partial charge in [0.2, 0.25) is 0 Å². The number of hydrogen-bond acceptors (Lipinski definition) is 5. The molecule has 132 valence electrons. The summed E-state index contributed by atoms with van der Waals surface area (Å²) in [5, 5.41) is 21.6. The zero-order valence-electron chi connectivity index (χ0n) is 14.0. The Hall–Kier alpha value is -2.90. The monoisotopic (exact) mass is 352 g/mol. The van der Waals surface area contributed by atoms with Crippen LogP contribution in [0.3, 0.4) is 0 Å². The van der Waals surface area contributed by atoms with Gasteiger partial charge >= 0.3 is 0 Å². The highest BCUT2D eigenvalue weighted by atomic mass is 19.1. The molecule has 0 spiro atoms. The first-order chi connectivity index (χ1) is 12.6. The second-order valence-corrected chi connectivity index (χ2v) is 6.15. The van der Waals surface area contributed by atoms with Crippen LogP contribution in [-0.2, 0) is 0 Å². The second-order valence-electron chi connectivity index (χ2n) is 6.15. The maximum atomic E-state index is 14.5. The maximum Gasteiger partial charge on any atom is 0.148 e. The van der Waals surface area contributed by atoms with Gasteiger partial charge in [-0.15, -0.1) is 0 Å². The number of H-pyrrole nitrogens is 1. The molecular formula is C19H17FN4O2. The van der Waals surface area contributed by atoms with E-state index in [0.717, 1.165) is 11.8 Å². The van der Waals surface area contributed by atoms with E-state index in [1.54, 1.807) is 31.6 Å². The van der Waals surface area contributed by atoms with Gasteiger partial charge in [0, 0.05) is 34.3 Å². The topological polar surface area (TPSA) is 94.9 Å². The molecule has 7 heteroatoms. The SMILES string of the molecule is CCC(O)C(O)c1c(F)cnc2[nH]c3cnc(-c4cccnc4)cc3c12. The molecule has 0 bridgehead atoms. The number of halogens is 1. The van der Waals surface area contributed by atoms with Crippen molar-refractivity contribution >= 4 is 21.9 Å². The number of aromatic nitrogens is 4. The fourth-order valence-electron chi connectivity index (χ4n) is 3.14. The van der Waals surface area contributed by atoms with Gasteiger partial charge < -0.3 is 15.2 Å². The first kappa shape index (κ1) is 16.6. The largest absolute Gasteiger partial charge is 0.390 e. The molecule has 0 aliphatic rings. The first-order valence-electron chi connectivity index (χ1n) is 8.32. The molecule has 0 aromatic carbocycles. The first-order valence-corrected chi connectivity index (χ1v) is 8.32. The summed E-state index contributed by atoms with van der Waals surface area (Å²) in [6.07, 6.45) is 3.94. The summed E-state index contributed by atoms with van der Waals surface area (Å²) in [6, 6.07) is 5.50. The maximum absolute atomic E-state index is 14.5. The van der Waals surface area contributed by atoms with E-state index in [0.29, 0.717) is 34.1 Å². The van der Waals surface area contributed by atoms with E-state index >= 15 is 0 Å². The Kier molecular flexibility index (Phi) is 4.10. The number of rotatable bonds is 4. The average Bonchev–Trinajstić information content (AvgIpc) is 3.05. The quantitative estimate of drug-likeness (QED) is 0.524. The molecule has 0 saturated heterocycles. The van der Waals surface area contributed by atoms with Crippen molar-refractivity contribution in [1.29, 1.82) is 0 Å². The van der Waals surface area contributed by atoms with Crippen molar-refractivity contribution < 1.29 is 14.6 Å². The van der Waals surface area contributed by atoms with E-state index in [9.17, 15) is 14.6 Å². The van der Waals surface area contributed by atoms with Crippen LogP contribution in [0.1, 0.15) is 25.0 Å². The molecule has 2 unspecified atom stereocenters. The Morgan fingerprint density at radius 2 is 2.04 bits per heavy atom. The van der Waals surface area contributed by atoms with Gasteiger partial charge in [-0.3, -0.25) is 9.97 Å². The van der Waals surface area contributed by atoms with Crippen LogP contribution in [0.25, 0.3) is 33.2 Å².